The second-order valence-electron chi connectivity index (χ2n) is 4.22. The Balaban J connectivity index is 3.73. The molecule has 0 unspecified atom stereocenters. The molecule has 0 aromatic rings. The molecule has 9 N–H and O–H groups in total. The summed E-state index contributed by atoms with van der Waals surface area (Å²) in [4.78, 5) is 2.27. The smallest absolute Gasteiger partial charge is 0.0108 e. The molecule has 0 rings (SSSR count). The topological polar surface area (TPSA) is 119 Å². The lowest BCUT2D eigenvalue weighted by atomic mass is 10.1. The van der Waals surface area contributed by atoms with Crippen LogP contribution in [0, 0.1) is 0 Å². The molecular weight excluding hydrogens is 216 g/mol. The van der Waals surface area contributed by atoms with Crippen LogP contribution >= 0.6 is 0 Å². The van der Waals surface area contributed by atoms with E-state index in [1.807, 2.05) is 0 Å². The van der Waals surface area contributed by atoms with Crippen LogP contribution in [0.15, 0.2) is 0 Å². The second-order valence-corrected chi connectivity index (χ2v) is 4.22. The summed E-state index contributed by atoms with van der Waals surface area (Å²) in [7, 11) is 0. The fourth-order valence-electron chi connectivity index (χ4n) is 1.88. The van der Waals surface area contributed by atoms with Gasteiger partial charge in [0.25, 0.3) is 0 Å². The first-order chi connectivity index (χ1) is 8.28. The average molecular weight is 246 g/mol. The average Bonchev–Trinajstić information content (AvgIpc) is 2.30. The summed E-state index contributed by atoms with van der Waals surface area (Å²) in [6.45, 7) is 6.46. The first kappa shape index (κ1) is 16.8. The number of hydrogen-bond donors (Lipinski definition) is 5. The van der Waals surface area contributed by atoms with Gasteiger partial charge < -0.3 is 28.3 Å². The molecule has 0 heterocycles. The Hall–Kier alpha value is -0.240. The van der Waals surface area contributed by atoms with Crippen molar-refractivity contribution < 1.29 is 0 Å². The summed E-state index contributed by atoms with van der Waals surface area (Å²) in [5.74, 6) is 0. The van der Waals surface area contributed by atoms with E-state index in [1.165, 1.54) is 0 Å². The van der Waals surface area contributed by atoms with Gasteiger partial charge in [-0.1, -0.05) is 0 Å². The van der Waals surface area contributed by atoms with E-state index in [4.69, 9.17) is 22.9 Å². The maximum absolute atomic E-state index is 5.56. The maximum atomic E-state index is 5.56. The van der Waals surface area contributed by atoms with E-state index >= 15 is 0 Å². The summed E-state index contributed by atoms with van der Waals surface area (Å²) in [5, 5.41) is 3.49. The van der Waals surface area contributed by atoms with Gasteiger partial charge in [-0.3, -0.25) is 4.90 Å². The molecule has 0 aromatic carbocycles. The van der Waals surface area contributed by atoms with Crippen molar-refractivity contribution in [1.82, 2.24) is 10.2 Å². The minimum atomic E-state index is 0.433. The summed E-state index contributed by atoms with van der Waals surface area (Å²) >= 11 is 0. The van der Waals surface area contributed by atoms with Crippen LogP contribution in [-0.2, 0) is 0 Å². The molecule has 17 heavy (non-hydrogen) atoms. The predicted octanol–water partition coefficient (Wildman–Crippen LogP) is -2.14. The minimum absolute atomic E-state index is 0.433. The molecular formula is C11H30N6. The first-order valence-electron chi connectivity index (χ1n) is 6.54. The van der Waals surface area contributed by atoms with Gasteiger partial charge in [0.1, 0.15) is 0 Å². The summed E-state index contributed by atoms with van der Waals surface area (Å²) in [5.41, 5.74) is 22.2. The molecule has 0 atom stereocenters. The molecule has 0 saturated carbocycles. The molecule has 0 aliphatic rings. The van der Waals surface area contributed by atoms with Crippen molar-refractivity contribution in [2.45, 2.75) is 18.9 Å². The van der Waals surface area contributed by atoms with E-state index in [1.54, 1.807) is 0 Å². The Labute approximate surface area is 105 Å². The largest absolute Gasteiger partial charge is 0.330 e. The first-order valence-corrected chi connectivity index (χ1v) is 6.54. The van der Waals surface area contributed by atoms with E-state index < -0.39 is 0 Å². The van der Waals surface area contributed by atoms with Gasteiger partial charge in [-0.15, -0.1) is 0 Å². The van der Waals surface area contributed by atoms with E-state index in [2.05, 4.69) is 10.2 Å². The molecule has 104 valence electrons. The van der Waals surface area contributed by atoms with Gasteiger partial charge in [0, 0.05) is 45.3 Å². The van der Waals surface area contributed by atoms with Gasteiger partial charge in [-0.2, -0.15) is 0 Å². The zero-order chi connectivity index (χ0) is 12.9. The summed E-state index contributed by atoms with van der Waals surface area (Å²) < 4.78 is 0. The molecule has 0 bridgehead atoms. The van der Waals surface area contributed by atoms with Crippen LogP contribution in [-0.4, -0.2) is 63.3 Å². The number of hydrogen-bond acceptors (Lipinski definition) is 6. The van der Waals surface area contributed by atoms with E-state index in [0.29, 0.717) is 32.2 Å². The van der Waals surface area contributed by atoms with Crippen molar-refractivity contribution in [1.29, 1.82) is 0 Å². The van der Waals surface area contributed by atoms with Crippen molar-refractivity contribution in [2.75, 3.05) is 52.4 Å². The minimum Gasteiger partial charge on any atom is -0.330 e. The molecule has 0 spiro atoms. The van der Waals surface area contributed by atoms with Gasteiger partial charge in [0.05, 0.1) is 0 Å². The van der Waals surface area contributed by atoms with Crippen LogP contribution in [0.2, 0.25) is 0 Å². The van der Waals surface area contributed by atoms with E-state index in [-0.39, 0.29) is 0 Å². The van der Waals surface area contributed by atoms with Crippen LogP contribution < -0.4 is 28.3 Å². The monoisotopic (exact) mass is 246 g/mol. The fraction of sp³-hybridized carbons (Fsp3) is 1.00. The van der Waals surface area contributed by atoms with Gasteiger partial charge in [-0.25, -0.2) is 0 Å². The summed E-state index contributed by atoms with van der Waals surface area (Å²) in [6, 6.07) is 0.433. The Morgan fingerprint density at radius 2 is 1.29 bits per heavy atom. The molecule has 0 aromatic heterocycles. The molecule has 0 aliphatic carbocycles. The molecule has 6 nitrogen and oxygen atoms in total. The normalized spacial score (nSPS) is 11.6. The second kappa shape index (κ2) is 12.2. The van der Waals surface area contributed by atoms with Crippen LogP contribution in [0.25, 0.3) is 0 Å². The Bertz CT molecular complexity index is 127. The van der Waals surface area contributed by atoms with Crippen molar-refractivity contribution in [3.05, 3.63) is 0 Å². The Morgan fingerprint density at radius 1 is 0.765 bits per heavy atom. The van der Waals surface area contributed by atoms with Gasteiger partial charge in [0.15, 0.2) is 0 Å². The van der Waals surface area contributed by atoms with Gasteiger partial charge in [-0.05, 0) is 25.9 Å². The third kappa shape index (κ3) is 9.46. The SMILES string of the molecule is NCCC(CCN)NCCN(CCN)CCN. The zero-order valence-electron chi connectivity index (χ0n) is 10.9. The van der Waals surface area contributed by atoms with Crippen LogP contribution in [0.5, 0.6) is 0 Å². The molecule has 0 saturated heterocycles. The highest BCUT2D eigenvalue weighted by Crippen LogP contribution is 1.95. The zero-order valence-corrected chi connectivity index (χ0v) is 10.9. The van der Waals surface area contributed by atoms with Crippen molar-refractivity contribution in [3.8, 4) is 0 Å². The van der Waals surface area contributed by atoms with E-state index in [9.17, 15) is 0 Å². The molecule has 0 fully saturated rings. The lowest BCUT2D eigenvalue weighted by molar-refractivity contribution is 0.280. The van der Waals surface area contributed by atoms with Crippen LogP contribution in [0.3, 0.4) is 0 Å². The molecule has 0 radical (unpaired) electrons. The highest BCUT2D eigenvalue weighted by Gasteiger charge is 2.07. The Kier molecular flexibility index (Phi) is 12.1. The van der Waals surface area contributed by atoms with Crippen molar-refractivity contribution in [3.63, 3.8) is 0 Å². The number of rotatable bonds is 12. The number of nitrogens with one attached hydrogen (secondary N) is 1. The summed E-state index contributed by atoms with van der Waals surface area (Å²) in [6.07, 6.45) is 1.95. The standard InChI is InChI=1S/C11H30N6/c12-3-1-11(2-4-13)16-7-10-17(8-5-14)9-6-15/h11,16H,1-10,12-15H2. The highest BCUT2D eigenvalue weighted by atomic mass is 15.1. The Morgan fingerprint density at radius 3 is 1.71 bits per heavy atom. The number of nitrogens with zero attached hydrogens (tertiary/aromatic N) is 1. The molecule has 6 heteroatoms. The lowest BCUT2D eigenvalue weighted by Gasteiger charge is -2.23. The molecule has 0 aliphatic heterocycles. The van der Waals surface area contributed by atoms with Crippen LogP contribution in [0.1, 0.15) is 12.8 Å². The third-order valence-corrected chi connectivity index (χ3v) is 2.78. The fourth-order valence-corrected chi connectivity index (χ4v) is 1.88. The third-order valence-electron chi connectivity index (χ3n) is 2.78. The quantitative estimate of drug-likeness (QED) is 0.268. The predicted molar refractivity (Wildman–Crippen MR) is 73.7 cm³/mol. The van der Waals surface area contributed by atoms with E-state index in [0.717, 1.165) is 39.0 Å². The van der Waals surface area contributed by atoms with Gasteiger partial charge in [0.2, 0.25) is 0 Å². The van der Waals surface area contributed by atoms with Crippen molar-refractivity contribution >= 4 is 0 Å². The molecule has 0 amide bonds. The lowest BCUT2D eigenvalue weighted by Crippen LogP contribution is -2.42. The maximum Gasteiger partial charge on any atom is 0.0108 e. The van der Waals surface area contributed by atoms with Gasteiger partial charge >= 0.3 is 0 Å². The highest BCUT2D eigenvalue weighted by molar-refractivity contribution is 4.69. The number of nitrogens with two attached hydrogens (primary N) is 4. The van der Waals surface area contributed by atoms with Crippen LogP contribution in [0.4, 0.5) is 0 Å². The van der Waals surface area contributed by atoms with Crippen molar-refractivity contribution in [2.24, 2.45) is 22.9 Å².